The second kappa shape index (κ2) is 12.5. The van der Waals surface area contributed by atoms with Crippen molar-refractivity contribution in [2.24, 2.45) is 11.8 Å². The third-order valence-electron chi connectivity index (χ3n) is 13.2. The Balaban J connectivity index is 1.33. The van der Waals surface area contributed by atoms with Crippen LogP contribution in [0, 0.1) is 11.8 Å². The van der Waals surface area contributed by atoms with Crippen molar-refractivity contribution >= 4 is 8.07 Å². The molecule has 252 valence electrons. The molecule has 0 radical (unpaired) electrons. The van der Waals surface area contributed by atoms with Gasteiger partial charge in [0.1, 0.15) is 0 Å². The molecule has 4 aromatic rings. The van der Waals surface area contributed by atoms with E-state index < -0.39 is 8.07 Å². The van der Waals surface area contributed by atoms with Gasteiger partial charge in [0.2, 0.25) is 0 Å². The van der Waals surface area contributed by atoms with E-state index in [1.165, 1.54) is 78.3 Å². The van der Waals surface area contributed by atoms with Crippen LogP contribution >= 0.6 is 0 Å². The van der Waals surface area contributed by atoms with Gasteiger partial charge in [-0.1, -0.05) is 179 Å². The Kier molecular flexibility index (Phi) is 8.71. The number of benzene rings is 4. The van der Waals surface area contributed by atoms with Crippen molar-refractivity contribution in [2.75, 3.05) is 0 Å². The van der Waals surface area contributed by atoms with Crippen LogP contribution in [-0.4, -0.2) is 8.07 Å². The Labute approximate surface area is 293 Å². The molecule has 0 saturated heterocycles. The molecule has 4 aromatic carbocycles. The highest BCUT2D eigenvalue weighted by Crippen LogP contribution is 2.61. The van der Waals surface area contributed by atoms with E-state index in [4.69, 9.17) is 0 Å². The average molecular weight is 653 g/mol. The number of rotatable bonds is 5. The van der Waals surface area contributed by atoms with Crippen molar-refractivity contribution in [2.45, 2.75) is 134 Å². The van der Waals surface area contributed by atoms with Crippen molar-refractivity contribution < 1.29 is 0 Å². The first-order valence-electron chi connectivity index (χ1n) is 19.2. The van der Waals surface area contributed by atoms with E-state index >= 15 is 0 Å². The summed E-state index contributed by atoms with van der Waals surface area (Å²) < 4.78 is 0. The van der Waals surface area contributed by atoms with E-state index in [1.807, 2.05) is 0 Å². The predicted molar refractivity (Wildman–Crippen MR) is 211 cm³/mol. The second-order valence-corrected chi connectivity index (χ2v) is 23.2. The molecule has 1 saturated carbocycles. The van der Waals surface area contributed by atoms with Gasteiger partial charge in [0.15, 0.2) is 0 Å². The van der Waals surface area contributed by atoms with Gasteiger partial charge in [-0.3, -0.25) is 0 Å². The fraction of sp³-hybridized carbons (Fsp3) is 0.489. The van der Waals surface area contributed by atoms with Gasteiger partial charge in [0, 0.05) is 0 Å². The lowest BCUT2D eigenvalue weighted by Crippen LogP contribution is -2.52. The van der Waals surface area contributed by atoms with Gasteiger partial charge in [-0.15, -0.1) is 0 Å². The first-order valence-corrected chi connectivity index (χ1v) is 22.0. The topological polar surface area (TPSA) is 0 Å². The smallest absolute Gasteiger partial charge is 0.0680 e. The monoisotopic (exact) mass is 652 g/mol. The molecule has 0 aromatic heterocycles. The average Bonchev–Trinajstić information content (AvgIpc) is 3.60. The second-order valence-electron chi connectivity index (χ2n) is 18.4. The third-order valence-corrected chi connectivity index (χ3v) is 20.0. The minimum atomic E-state index is -1.93. The van der Waals surface area contributed by atoms with E-state index in [1.54, 1.807) is 22.3 Å². The van der Waals surface area contributed by atoms with E-state index in [2.05, 4.69) is 147 Å². The van der Waals surface area contributed by atoms with Crippen LogP contribution in [0.5, 0.6) is 0 Å². The lowest BCUT2D eigenvalue weighted by Gasteiger charge is -2.50. The molecule has 3 aliphatic carbocycles. The van der Waals surface area contributed by atoms with Gasteiger partial charge in [-0.05, 0) is 108 Å². The summed E-state index contributed by atoms with van der Waals surface area (Å²) in [5.74, 6) is 1.39. The third kappa shape index (κ3) is 5.77. The van der Waals surface area contributed by atoms with Crippen molar-refractivity contribution in [1.29, 1.82) is 0 Å². The molecule has 0 N–H and O–H groups in total. The lowest BCUT2D eigenvalue weighted by molar-refractivity contribution is 0.454. The van der Waals surface area contributed by atoms with Crippen LogP contribution in [0.15, 0.2) is 84.9 Å². The molecule has 1 fully saturated rings. The zero-order valence-corrected chi connectivity index (χ0v) is 32.4. The minimum absolute atomic E-state index is 0.175. The quantitative estimate of drug-likeness (QED) is 0.188. The summed E-state index contributed by atoms with van der Waals surface area (Å²) in [6, 6.07) is 33.9. The molecule has 3 aliphatic rings. The molecule has 0 amide bonds. The van der Waals surface area contributed by atoms with Crippen molar-refractivity contribution in [3.05, 3.63) is 118 Å². The standard InChI is InChI=1S/C47H60Si/c1-31-29-42-38(33-21-25-35(26-22-33)46(3,4)5)17-13-19-40(42)44(31)48(9,37-15-11-10-12-16-37)45-32(2)30-43-39(18-14-20-41(43)45)34-23-27-36(28-24-34)47(6,7)8/h13-14,17-28,31-32,37,44-45H,10-12,15-16,29-30H2,1-9H3. The van der Waals surface area contributed by atoms with Crippen LogP contribution in [0.3, 0.4) is 0 Å². The van der Waals surface area contributed by atoms with Crippen LogP contribution < -0.4 is 0 Å². The van der Waals surface area contributed by atoms with E-state index in [9.17, 15) is 0 Å². The summed E-state index contributed by atoms with van der Waals surface area (Å²) in [6.07, 6.45) is 9.62. The van der Waals surface area contributed by atoms with Crippen molar-refractivity contribution in [3.63, 3.8) is 0 Å². The Bertz CT molecular complexity index is 1630. The fourth-order valence-corrected chi connectivity index (χ4v) is 18.5. The molecular weight excluding hydrogens is 593 g/mol. The molecule has 0 heterocycles. The van der Waals surface area contributed by atoms with Crippen LogP contribution in [0.1, 0.15) is 132 Å². The molecule has 1 heteroatoms. The molecule has 4 atom stereocenters. The zero-order chi connectivity index (χ0) is 34.0. The van der Waals surface area contributed by atoms with E-state index in [0.717, 1.165) is 5.54 Å². The highest BCUT2D eigenvalue weighted by atomic mass is 28.3. The largest absolute Gasteiger partial charge is 0.0694 e. The number of fused-ring (bicyclic) bond motifs is 2. The Morgan fingerprint density at radius 3 is 1.29 bits per heavy atom. The molecule has 7 rings (SSSR count). The Hall–Kier alpha value is -2.90. The highest BCUT2D eigenvalue weighted by Gasteiger charge is 2.57. The van der Waals surface area contributed by atoms with E-state index in [-0.39, 0.29) is 10.8 Å². The predicted octanol–water partition coefficient (Wildman–Crippen LogP) is 13.4. The molecule has 4 unspecified atom stereocenters. The first-order chi connectivity index (χ1) is 22.8. The van der Waals surface area contributed by atoms with Gasteiger partial charge in [0.25, 0.3) is 0 Å². The van der Waals surface area contributed by atoms with Gasteiger partial charge in [-0.25, -0.2) is 0 Å². The SMILES string of the molecule is CC1Cc2c(-c3ccc(C(C)(C)C)cc3)cccc2C1[Si](C)(C1CCCCC1)C1c2cccc(-c3ccc(C(C)(C)C)cc3)c2CC1C. The lowest BCUT2D eigenvalue weighted by atomic mass is 9.85. The van der Waals surface area contributed by atoms with Crippen molar-refractivity contribution in [1.82, 2.24) is 0 Å². The minimum Gasteiger partial charge on any atom is -0.0680 e. The maximum Gasteiger partial charge on any atom is 0.0694 e. The molecule has 48 heavy (non-hydrogen) atoms. The summed E-state index contributed by atoms with van der Waals surface area (Å²) in [4.78, 5) is 0. The number of hydrogen-bond donors (Lipinski definition) is 0. The first kappa shape index (κ1) is 33.6. The zero-order valence-electron chi connectivity index (χ0n) is 31.4. The van der Waals surface area contributed by atoms with Crippen LogP contribution in [0.2, 0.25) is 12.1 Å². The Morgan fingerprint density at radius 2 is 0.917 bits per heavy atom. The molecule has 0 aliphatic heterocycles. The maximum atomic E-state index is 2.91. The summed E-state index contributed by atoms with van der Waals surface area (Å²) >= 11 is 0. The molecule has 0 spiro atoms. The fourth-order valence-electron chi connectivity index (χ4n) is 10.9. The van der Waals surface area contributed by atoms with Crippen LogP contribution in [-0.2, 0) is 23.7 Å². The molecule has 0 bridgehead atoms. The van der Waals surface area contributed by atoms with Gasteiger partial charge < -0.3 is 0 Å². The van der Waals surface area contributed by atoms with Gasteiger partial charge >= 0.3 is 0 Å². The number of hydrogen-bond acceptors (Lipinski definition) is 0. The van der Waals surface area contributed by atoms with Gasteiger partial charge in [-0.2, -0.15) is 0 Å². The van der Waals surface area contributed by atoms with E-state index in [0.29, 0.717) is 22.9 Å². The van der Waals surface area contributed by atoms with Crippen molar-refractivity contribution in [3.8, 4) is 22.3 Å². The summed E-state index contributed by atoms with van der Waals surface area (Å²) in [7, 11) is -1.93. The summed E-state index contributed by atoms with van der Waals surface area (Å²) in [6.45, 7) is 22.1. The van der Waals surface area contributed by atoms with Gasteiger partial charge in [0.05, 0.1) is 8.07 Å². The Morgan fingerprint density at radius 1 is 0.521 bits per heavy atom. The summed E-state index contributed by atoms with van der Waals surface area (Å²) in [5, 5.41) is 0. The van der Waals surface area contributed by atoms with Crippen LogP contribution in [0.25, 0.3) is 22.3 Å². The molecule has 0 nitrogen and oxygen atoms in total. The molecular formula is C47H60Si. The van der Waals surface area contributed by atoms with Crippen LogP contribution in [0.4, 0.5) is 0 Å². The maximum absolute atomic E-state index is 2.91. The highest BCUT2D eigenvalue weighted by molar-refractivity contribution is 6.83. The normalized spacial score (nSPS) is 24.3. The summed E-state index contributed by atoms with van der Waals surface area (Å²) in [5.41, 5.74) is 18.0.